The summed E-state index contributed by atoms with van der Waals surface area (Å²) in [6.45, 7) is 2.89. The average molecular weight is 379 g/mol. The summed E-state index contributed by atoms with van der Waals surface area (Å²) in [5, 5.41) is 0. The fourth-order valence-electron chi connectivity index (χ4n) is 0.594. The fourth-order valence-corrected chi connectivity index (χ4v) is 1.04. The Balaban J connectivity index is 3.88. The summed E-state index contributed by atoms with van der Waals surface area (Å²) in [6.07, 6.45) is -0.933. The Bertz CT molecular complexity index is 287. The molecule has 0 spiro atoms. The molecule has 18 heavy (non-hydrogen) atoms. The molecule has 0 rings (SSSR count). The van der Waals surface area contributed by atoms with E-state index in [0.717, 1.165) is 0 Å². The van der Waals surface area contributed by atoms with E-state index in [2.05, 4.69) is 10.3 Å². The predicted octanol–water partition coefficient (Wildman–Crippen LogP) is -0.965. The quantitative estimate of drug-likeness (QED) is 0.172. The number of halogens is 1. The number of amides is 2. The molecule has 0 aromatic heterocycles. The van der Waals surface area contributed by atoms with Crippen molar-refractivity contribution in [3.8, 4) is 0 Å². The van der Waals surface area contributed by atoms with Crippen molar-refractivity contribution in [2.24, 2.45) is 5.84 Å². The third-order valence-corrected chi connectivity index (χ3v) is 2.52. The van der Waals surface area contributed by atoms with Gasteiger partial charge in [-0.1, -0.05) is 0 Å². The molecule has 0 saturated heterocycles. The molecule has 0 bridgehead atoms. The summed E-state index contributed by atoms with van der Waals surface area (Å²) in [7, 11) is 0. The second-order valence-corrected chi connectivity index (χ2v) is 7.91. The summed E-state index contributed by atoms with van der Waals surface area (Å²) >= 11 is -1.50. The summed E-state index contributed by atoms with van der Waals surface area (Å²) < 4.78 is 4.88. The fraction of sp³-hybridized carbons (Fsp3) is 0.714. The molecule has 0 aromatic carbocycles. The van der Waals surface area contributed by atoms with Crippen LogP contribution in [0, 0.1) is 0 Å². The van der Waals surface area contributed by atoms with Crippen LogP contribution in [0.5, 0.6) is 0 Å². The SMILES string of the molecule is CI(C)ONOC(=O)NNC(=O)C(C)(C)ONN. The zero-order valence-electron chi connectivity index (χ0n) is 10.5. The zero-order valence-corrected chi connectivity index (χ0v) is 12.7. The first-order chi connectivity index (χ1) is 8.29. The van der Waals surface area contributed by atoms with E-state index in [4.69, 9.17) is 13.8 Å². The maximum atomic E-state index is 11.5. The van der Waals surface area contributed by atoms with Crippen LogP contribution in [0.25, 0.3) is 0 Å². The van der Waals surface area contributed by atoms with E-state index in [9.17, 15) is 9.59 Å². The van der Waals surface area contributed by atoms with Gasteiger partial charge in [-0.25, -0.2) is 0 Å². The van der Waals surface area contributed by atoms with E-state index in [-0.39, 0.29) is 0 Å². The molecule has 0 aliphatic heterocycles. The summed E-state index contributed by atoms with van der Waals surface area (Å²) in [4.78, 5) is 35.5. The molecule has 0 aromatic rings. The van der Waals surface area contributed by atoms with Crippen molar-refractivity contribution >= 4 is 32.2 Å². The van der Waals surface area contributed by atoms with Crippen molar-refractivity contribution in [1.29, 1.82) is 0 Å². The van der Waals surface area contributed by atoms with Gasteiger partial charge in [0, 0.05) is 0 Å². The van der Waals surface area contributed by atoms with E-state index in [1.165, 1.54) is 13.8 Å². The molecule has 2 amide bonds. The molecule has 0 aliphatic carbocycles. The maximum absolute atomic E-state index is 11.5. The second kappa shape index (κ2) is 8.39. The van der Waals surface area contributed by atoms with Gasteiger partial charge in [-0.15, -0.1) is 0 Å². The van der Waals surface area contributed by atoms with Gasteiger partial charge in [0.25, 0.3) is 0 Å². The van der Waals surface area contributed by atoms with Crippen LogP contribution in [0.2, 0.25) is 0 Å². The molecular formula is C7H18IN5O5. The molecule has 11 heteroatoms. The third-order valence-electron chi connectivity index (χ3n) is 1.46. The van der Waals surface area contributed by atoms with Crippen molar-refractivity contribution in [3.05, 3.63) is 0 Å². The number of carbonyl (C=O) groups is 2. The van der Waals surface area contributed by atoms with Crippen LogP contribution in [-0.2, 0) is 17.6 Å². The van der Waals surface area contributed by atoms with E-state index < -0.39 is 37.8 Å². The van der Waals surface area contributed by atoms with Crippen LogP contribution in [0.4, 0.5) is 4.79 Å². The van der Waals surface area contributed by atoms with Crippen LogP contribution >= 0.6 is 20.2 Å². The monoisotopic (exact) mass is 379 g/mol. The van der Waals surface area contributed by atoms with Gasteiger partial charge in [0.1, 0.15) is 0 Å². The van der Waals surface area contributed by atoms with Gasteiger partial charge in [0.05, 0.1) is 0 Å². The Hall–Kier alpha value is -0.730. The van der Waals surface area contributed by atoms with E-state index in [0.29, 0.717) is 0 Å². The first-order valence-electron chi connectivity index (χ1n) is 4.63. The van der Waals surface area contributed by atoms with Crippen molar-refractivity contribution in [2.45, 2.75) is 19.4 Å². The average Bonchev–Trinajstić information content (AvgIpc) is 2.25. The topological polar surface area (TPSA) is 136 Å². The van der Waals surface area contributed by atoms with E-state index >= 15 is 0 Å². The van der Waals surface area contributed by atoms with Gasteiger partial charge >= 0.3 is 112 Å². The number of rotatable bonds is 6. The Morgan fingerprint density at radius 2 is 1.83 bits per heavy atom. The Kier molecular flexibility index (Phi) is 8.05. The van der Waals surface area contributed by atoms with Crippen LogP contribution in [0.1, 0.15) is 13.8 Å². The Labute approximate surface area is 112 Å². The van der Waals surface area contributed by atoms with Gasteiger partial charge in [-0.05, 0) is 0 Å². The molecule has 0 unspecified atom stereocenters. The van der Waals surface area contributed by atoms with Crippen LogP contribution < -0.4 is 27.9 Å². The minimum atomic E-state index is -1.50. The molecule has 0 saturated carbocycles. The molecule has 0 fully saturated rings. The number of hydrogen-bond acceptors (Lipinski definition) is 8. The molecule has 10 nitrogen and oxygen atoms in total. The molecule has 0 aliphatic rings. The number of nitrogens with two attached hydrogens (primary N) is 1. The van der Waals surface area contributed by atoms with Crippen LogP contribution in [0.3, 0.4) is 0 Å². The van der Waals surface area contributed by atoms with E-state index in [1.807, 2.05) is 26.5 Å². The molecule has 0 heterocycles. The minimum absolute atomic E-state index is 0.627. The standard InChI is InChI=1S/C7H18IN5O5/c1-7(2,17-12-9)5(14)10-11-6(15)16-13-18-8(3)4/h12-13H,9H2,1-4H3,(H,10,14)(H,11,15). The third kappa shape index (κ3) is 7.57. The number of nitrogens with one attached hydrogen (secondary N) is 4. The first kappa shape index (κ1) is 17.3. The summed E-state index contributed by atoms with van der Waals surface area (Å²) in [5.41, 5.74) is 6.71. The number of alkyl halides is 2. The number of carbonyl (C=O) groups excluding carboxylic acids is 2. The Morgan fingerprint density at radius 1 is 1.22 bits per heavy atom. The van der Waals surface area contributed by atoms with Crippen LogP contribution in [0.15, 0.2) is 0 Å². The Morgan fingerprint density at radius 3 is 2.33 bits per heavy atom. The van der Waals surface area contributed by atoms with Gasteiger partial charge in [-0.2, -0.15) is 0 Å². The van der Waals surface area contributed by atoms with Gasteiger partial charge in [0.2, 0.25) is 0 Å². The molecular weight excluding hydrogens is 361 g/mol. The number of hydrogen-bond donors (Lipinski definition) is 5. The summed E-state index contributed by atoms with van der Waals surface area (Å²) in [5.74, 6) is 4.29. The zero-order chi connectivity index (χ0) is 14.2. The van der Waals surface area contributed by atoms with Crippen molar-refractivity contribution in [2.75, 3.05) is 9.86 Å². The van der Waals surface area contributed by atoms with Crippen molar-refractivity contribution in [1.82, 2.24) is 22.1 Å². The van der Waals surface area contributed by atoms with Crippen LogP contribution in [-0.4, -0.2) is 27.5 Å². The predicted molar refractivity (Wildman–Crippen MR) is 70.3 cm³/mol. The molecule has 0 atom stereocenters. The van der Waals surface area contributed by atoms with Crippen molar-refractivity contribution < 1.29 is 22.4 Å². The van der Waals surface area contributed by atoms with Crippen molar-refractivity contribution in [3.63, 3.8) is 0 Å². The molecule has 6 N–H and O–H groups in total. The normalized spacial score (nSPS) is 11.7. The van der Waals surface area contributed by atoms with E-state index in [1.54, 1.807) is 0 Å². The first-order valence-corrected chi connectivity index (χ1v) is 9.82. The van der Waals surface area contributed by atoms with Gasteiger partial charge in [-0.3, -0.25) is 0 Å². The van der Waals surface area contributed by atoms with Gasteiger partial charge < -0.3 is 0 Å². The number of hydrazine groups is 2. The van der Waals surface area contributed by atoms with Gasteiger partial charge in [0.15, 0.2) is 0 Å². The molecule has 0 radical (unpaired) electrons. The summed E-state index contributed by atoms with van der Waals surface area (Å²) in [6, 6.07) is 0. The molecule has 108 valence electrons. The second-order valence-electron chi connectivity index (χ2n) is 3.55.